The predicted octanol–water partition coefficient (Wildman–Crippen LogP) is 1.43. The first-order valence-corrected chi connectivity index (χ1v) is 4.61. The summed E-state index contributed by atoms with van der Waals surface area (Å²) in [5, 5.41) is 19.3. The average molecular weight is 203 g/mol. The van der Waals surface area contributed by atoms with Crippen molar-refractivity contribution >= 4 is 5.69 Å². The van der Waals surface area contributed by atoms with Gasteiger partial charge in [-0.05, 0) is 17.5 Å². The Morgan fingerprint density at radius 3 is 2.93 bits per heavy atom. The van der Waals surface area contributed by atoms with Crippen LogP contribution >= 0.6 is 0 Å². The first-order chi connectivity index (χ1) is 7.20. The zero-order valence-corrected chi connectivity index (χ0v) is 8.01. The van der Waals surface area contributed by atoms with Crippen molar-refractivity contribution in [3.8, 4) is 6.19 Å². The second-order valence-electron chi connectivity index (χ2n) is 3.48. The van der Waals surface area contributed by atoms with E-state index in [0.29, 0.717) is 13.1 Å². The molecule has 76 valence electrons. The summed E-state index contributed by atoms with van der Waals surface area (Å²) in [4.78, 5) is 11.8. The van der Waals surface area contributed by atoms with Crippen LogP contribution in [0.15, 0.2) is 18.2 Å². The lowest BCUT2D eigenvalue weighted by molar-refractivity contribution is -0.385. The number of hydrogen-bond donors (Lipinski definition) is 0. The quantitative estimate of drug-likeness (QED) is 0.393. The van der Waals surface area contributed by atoms with Crippen LogP contribution in [0.3, 0.4) is 0 Å². The van der Waals surface area contributed by atoms with Crippen LogP contribution in [0, 0.1) is 21.6 Å². The Bertz CT molecular complexity index is 450. The third kappa shape index (κ3) is 1.74. The summed E-state index contributed by atoms with van der Waals surface area (Å²) in [6.07, 6.45) is 2.84. The van der Waals surface area contributed by atoms with E-state index in [4.69, 9.17) is 5.26 Å². The number of nitro benzene ring substituents is 1. The van der Waals surface area contributed by atoms with Gasteiger partial charge in [-0.2, -0.15) is 5.26 Å². The molecule has 0 unspecified atom stereocenters. The Hall–Kier alpha value is -2.09. The van der Waals surface area contributed by atoms with Crippen molar-refractivity contribution < 1.29 is 4.92 Å². The van der Waals surface area contributed by atoms with Gasteiger partial charge in [0.25, 0.3) is 5.69 Å². The monoisotopic (exact) mass is 203 g/mol. The topological polar surface area (TPSA) is 70.2 Å². The highest BCUT2D eigenvalue weighted by molar-refractivity contribution is 5.41. The molecular weight excluding hydrogens is 194 g/mol. The summed E-state index contributed by atoms with van der Waals surface area (Å²) in [5.74, 6) is 0. The number of nitrogens with zero attached hydrogens (tertiary/aromatic N) is 3. The first-order valence-electron chi connectivity index (χ1n) is 4.61. The zero-order valence-electron chi connectivity index (χ0n) is 8.01. The van der Waals surface area contributed by atoms with Crippen molar-refractivity contribution in [2.45, 2.75) is 13.0 Å². The van der Waals surface area contributed by atoms with E-state index in [-0.39, 0.29) is 5.69 Å². The van der Waals surface area contributed by atoms with Crippen molar-refractivity contribution in [2.24, 2.45) is 0 Å². The van der Waals surface area contributed by atoms with Gasteiger partial charge in [-0.3, -0.25) is 10.1 Å². The smallest absolute Gasteiger partial charge is 0.269 e. The molecule has 0 amide bonds. The lowest BCUT2D eigenvalue weighted by Gasteiger charge is -2.23. The minimum Gasteiger partial charge on any atom is -0.306 e. The van der Waals surface area contributed by atoms with Crippen LogP contribution in [0.5, 0.6) is 0 Å². The van der Waals surface area contributed by atoms with Gasteiger partial charge in [-0.1, -0.05) is 6.07 Å². The van der Waals surface area contributed by atoms with Crippen molar-refractivity contribution in [2.75, 3.05) is 6.54 Å². The van der Waals surface area contributed by atoms with Gasteiger partial charge >= 0.3 is 0 Å². The van der Waals surface area contributed by atoms with Crippen molar-refractivity contribution in [1.29, 1.82) is 5.26 Å². The SMILES string of the molecule is N#CN1CCc2ccc([N+](=O)[O-])cc2C1. The van der Waals surface area contributed by atoms with Gasteiger partial charge in [0.05, 0.1) is 11.5 Å². The highest BCUT2D eigenvalue weighted by Crippen LogP contribution is 2.23. The number of non-ortho nitro benzene ring substituents is 1. The van der Waals surface area contributed by atoms with Crippen LogP contribution in [0.25, 0.3) is 0 Å². The van der Waals surface area contributed by atoms with Gasteiger partial charge in [-0.15, -0.1) is 0 Å². The van der Waals surface area contributed by atoms with Gasteiger partial charge in [0.15, 0.2) is 6.19 Å². The molecule has 1 heterocycles. The minimum absolute atomic E-state index is 0.0912. The summed E-state index contributed by atoms with van der Waals surface area (Å²) >= 11 is 0. The molecule has 0 spiro atoms. The van der Waals surface area contributed by atoms with Crippen LogP contribution in [-0.4, -0.2) is 16.4 Å². The van der Waals surface area contributed by atoms with Crippen molar-refractivity contribution in [1.82, 2.24) is 4.90 Å². The van der Waals surface area contributed by atoms with Gasteiger partial charge in [-0.25, -0.2) is 0 Å². The lowest BCUT2D eigenvalue weighted by atomic mass is 9.99. The van der Waals surface area contributed by atoms with E-state index in [1.807, 2.05) is 0 Å². The van der Waals surface area contributed by atoms with E-state index >= 15 is 0 Å². The Balaban J connectivity index is 2.35. The molecule has 1 aliphatic heterocycles. The highest BCUT2D eigenvalue weighted by atomic mass is 16.6. The number of rotatable bonds is 1. The Morgan fingerprint density at radius 2 is 2.27 bits per heavy atom. The van der Waals surface area contributed by atoms with Crippen LogP contribution in [0.1, 0.15) is 11.1 Å². The number of nitro groups is 1. The number of benzene rings is 1. The standard InChI is InChI=1S/C10H9N3O2/c11-7-12-4-3-8-1-2-10(13(14)15)5-9(8)6-12/h1-2,5H,3-4,6H2. The van der Waals surface area contributed by atoms with E-state index in [0.717, 1.165) is 17.5 Å². The first kappa shape index (κ1) is 9.46. The molecular formula is C10H9N3O2. The molecule has 0 radical (unpaired) electrons. The molecule has 0 N–H and O–H groups in total. The fourth-order valence-electron chi connectivity index (χ4n) is 1.74. The van der Waals surface area contributed by atoms with Gasteiger partial charge in [0, 0.05) is 18.7 Å². The van der Waals surface area contributed by atoms with Crippen LogP contribution in [0.4, 0.5) is 5.69 Å². The maximum absolute atomic E-state index is 10.6. The van der Waals surface area contributed by atoms with Crippen LogP contribution in [-0.2, 0) is 13.0 Å². The zero-order chi connectivity index (χ0) is 10.8. The number of nitriles is 1. The molecule has 5 nitrogen and oxygen atoms in total. The molecule has 0 saturated heterocycles. The lowest BCUT2D eigenvalue weighted by Crippen LogP contribution is -2.26. The van der Waals surface area contributed by atoms with Gasteiger partial charge < -0.3 is 4.90 Å². The van der Waals surface area contributed by atoms with Crippen LogP contribution < -0.4 is 0 Å². The van der Waals surface area contributed by atoms with Gasteiger partial charge in [0.1, 0.15) is 0 Å². The van der Waals surface area contributed by atoms with E-state index < -0.39 is 4.92 Å². The molecule has 1 aromatic carbocycles. The summed E-state index contributed by atoms with van der Waals surface area (Å²) in [6.45, 7) is 1.18. The second kappa shape index (κ2) is 3.58. The van der Waals surface area contributed by atoms with E-state index in [9.17, 15) is 10.1 Å². The van der Waals surface area contributed by atoms with E-state index in [1.54, 1.807) is 17.0 Å². The van der Waals surface area contributed by atoms with Gasteiger partial charge in [0.2, 0.25) is 0 Å². The molecule has 0 fully saturated rings. The molecule has 2 rings (SSSR count). The minimum atomic E-state index is -0.411. The molecule has 5 heteroatoms. The summed E-state index contributed by atoms with van der Waals surface area (Å²) in [5.41, 5.74) is 2.08. The Morgan fingerprint density at radius 1 is 1.47 bits per heavy atom. The molecule has 0 aromatic heterocycles. The molecule has 1 aromatic rings. The van der Waals surface area contributed by atoms with E-state index in [2.05, 4.69) is 6.19 Å². The number of hydrogen-bond acceptors (Lipinski definition) is 4. The normalized spacial score (nSPS) is 14.2. The molecule has 0 aliphatic carbocycles. The second-order valence-corrected chi connectivity index (χ2v) is 3.48. The Kier molecular flexibility index (Phi) is 2.26. The third-order valence-electron chi connectivity index (χ3n) is 2.55. The molecule has 15 heavy (non-hydrogen) atoms. The molecule has 1 aliphatic rings. The summed E-state index contributed by atoms with van der Waals surface area (Å²) < 4.78 is 0. The highest BCUT2D eigenvalue weighted by Gasteiger charge is 2.17. The number of fused-ring (bicyclic) bond motifs is 1. The summed E-state index contributed by atoms with van der Waals surface area (Å²) in [7, 11) is 0. The molecule has 0 saturated carbocycles. The summed E-state index contributed by atoms with van der Waals surface area (Å²) in [6, 6.07) is 4.85. The average Bonchev–Trinajstić information content (AvgIpc) is 2.27. The fraction of sp³-hybridized carbons (Fsp3) is 0.300. The maximum Gasteiger partial charge on any atom is 0.269 e. The largest absolute Gasteiger partial charge is 0.306 e. The Labute approximate surface area is 86.7 Å². The fourth-order valence-corrected chi connectivity index (χ4v) is 1.74. The maximum atomic E-state index is 10.6. The van der Waals surface area contributed by atoms with E-state index in [1.165, 1.54) is 6.07 Å². The van der Waals surface area contributed by atoms with Crippen molar-refractivity contribution in [3.05, 3.63) is 39.4 Å². The molecule has 0 atom stereocenters. The molecule has 0 bridgehead atoms. The van der Waals surface area contributed by atoms with Crippen LogP contribution in [0.2, 0.25) is 0 Å². The predicted molar refractivity (Wildman–Crippen MR) is 52.8 cm³/mol. The third-order valence-corrected chi connectivity index (χ3v) is 2.55. The van der Waals surface area contributed by atoms with Crippen molar-refractivity contribution in [3.63, 3.8) is 0 Å².